The molecular weight excluding hydrogens is 355 g/mol. The first-order chi connectivity index (χ1) is 12.8. The van der Waals surface area contributed by atoms with Crippen LogP contribution in [0.15, 0.2) is 42.5 Å². The Labute approximate surface area is 154 Å². The fourth-order valence-electron chi connectivity index (χ4n) is 2.79. The van der Waals surface area contributed by atoms with Crippen molar-refractivity contribution in [2.45, 2.75) is 26.0 Å². The van der Waals surface area contributed by atoms with Crippen molar-refractivity contribution in [3.05, 3.63) is 53.8 Å². The number of hydrogen-bond acceptors (Lipinski definition) is 4. The van der Waals surface area contributed by atoms with Crippen molar-refractivity contribution in [2.75, 3.05) is 10.2 Å². The maximum atomic E-state index is 13.0. The first kappa shape index (κ1) is 18.4. The SMILES string of the molecule is CC1Oc2cc(C(=O)O)ccc2N(C(C)C(=O)Nc2ccc(F)cc2)C1=O. The summed E-state index contributed by atoms with van der Waals surface area (Å²) in [6, 6.07) is 8.44. The Morgan fingerprint density at radius 3 is 2.52 bits per heavy atom. The minimum Gasteiger partial charge on any atom is -0.479 e. The second kappa shape index (κ2) is 7.06. The number of halogens is 1. The minimum absolute atomic E-state index is 0.0127. The summed E-state index contributed by atoms with van der Waals surface area (Å²) in [6.07, 6.45) is -0.873. The fourth-order valence-corrected chi connectivity index (χ4v) is 2.79. The highest BCUT2D eigenvalue weighted by Gasteiger charge is 2.37. The number of nitrogens with one attached hydrogen (secondary N) is 1. The van der Waals surface area contributed by atoms with Crippen LogP contribution in [0.5, 0.6) is 5.75 Å². The van der Waals surface area contributed by atoms with Crippen molar-refractivity contribution in [2.24, 2.45) is 0 Å². The number of anilines is 2. The fraction of sp³-hybridized carbons (Fsp3) is 0.211. The van der Waals surface area contributed by atoms with Gasteiger partial charge in [-0.1, -0.05) is 0 Å². The van der Waals surface area contributed by atoms with Crippen LogP contribution < -0.4 is 15.0 Å². The smallest absolute Gasteiger partial charge is 0.335 e. The topological polar surface area (TPSA) is 95.9 Å². The first-order valence-electron chi connectivity index (χ1n) is 8.21. The largest absolute Gasteiger partial charge is 0.479 e. The molecule has 0 saturated heterocycles. The minimum atomic E-state index is -1.13. The van der Waals surface area contributed by atoms with Gasteiger partial charge in [-0.15, -0.1) is 0 Å². The number of amides is 2. The molecule has 2 aromatic carbocycles. The highest BCUT2D eigenvalue weighted by Crippen LogP contribution is 2.36. The van der Waals surface area contributed by atoms with Crippen LogP contribution >= 0.6 is 0 Å². The highest BCUT2D eigenvalue weighted by atomic mass is 19.1. The van der Waals surface area contributed by atoms with Crippen LogP contribution in [-0.4, -0.2) is 35.0 Å². The average molecular weight is 372 g/mol. The van der Waals surface area contributed by atoms with Crippen molar-refractivity contribution in [1.82, 2.24) is 0 Å². The summed E-state index contributed by atoms with van der Waals surface area (Å²) < 4.78 is 18.5. The van der Waals surface area contributed by atoms with E-state index in [9.17, 15) is 18.8 Å². The van der Waals surface area contributed by atoms with E-state index in [1.165, 1.54) is 54.3 Å². The van der Waals surface area contributed by atoms with Gasteiger partial charge < -0.3 is 15.2 Å². The molecule has 1 aliphatic heterocycles. The van der Waals surface area contributed by atoms with Gasteiger partial charge in [-0.05, 0) is 56.3 Å². The van der Waals surface area contributed by atoms with E-state index in [1.54, 1.807) is 6.92 Å². The number of carbonyl (C=O) groups is 3. The van der Waals surface area contributed by atoms with E-state index in [0.29, 0.717) is 11.4 Å². The van der Waals surface area contributed by atoms with Crippen LogP contribution in [-0.2, 0) is 9.59 Å². The lowest BCUT2D eigenvalue weighted by molar-refractivity contribution is -0.128. The standard InChI is InChI=1S/C19H17FN2O5/c1-10(17(23)21-14-6-4-13(20)5-7-14)22-15-8-3-12(19(25)26)9-16(15)27-11(2)18(22)24/h3-11H,1-2H3,(H,21,23)(H,25,26). The molecule has 0 aliphatic carbocycles. The van der Waals surface area contributed by atoms with Crippen molar-refractivity contribution in [1.29, 1.82) is 0 Å². The Balaban J connectivity index is 1.90. The van der Waals surface area contributed by atoms with E-state index in [4.69, 9.17) is 9.84 Å². The number of aromatic carboxylic acids is 1. The second-order valence-corrected chi connectivity index (χ2v) is 6.13. The van der Waals surface area contributed by atoms with Gasteiger partial charge in [0.05, 0.1) is 11.3 Å². The Bertz CT molecular complexity index is 913. The zero-order valence-corrected chi connectivity index (χ0v) is 14.6. The molecule has 1 heterocycles. The van der Waals surface area contributed by atoms with E-state index in [0.717, 1.165) is 0 Å². The number of hydrogen-bond donors (Lipinski definition) is 2. The Morgan fingerprint density at radius 1 is 1.22 bits per heavy atom. The van der Waals surface area contributed by atoms with Crippen LogP contribution in [0.1, 0.15) is 24.2 Å². The normalized spacial score (nSPS) is 16.9. The summed E-state index contributed by atoms with van der Waals surface area (Å²) in [5.74, 6) is -2.24. The summed E-state index contributed by atoms with van der Waals surface area (Å²) in [6.45, 7) is 3.07. The molecule has 2 amide bonds. The van der Waals surface area contributed by atoms with E-state index in [2.05, 4.69) is 5.32 Å². The number of fused-ring (bicyclic) bond motifs is 1. The maximum Gasteiger partial charge on any atom is 0.335 e. The number of carbonyl (C=O) groups excluding carboxylic acids is 2. The average Bonchev–Trinajstić information content (AvgIpc) is 2.63. The van der Waals surface area contributed by atoms with Crippen LogP contribution in [0.3, 0.4) is 0 Å². The summed E-state index contributed by atoms with van der Waals surface area (Å²) in [5, 5.41) is 11.8. The predicted molar refractivity (Wildman–Crippen MR) is 95.5 cm³/mol. The van der Waals surface area contributed by atoms with Gasteiger partial charge in [-0.25, -0.2) is 9.18 Å². The maximum absolute atomic E-state index is 13.0. The van der Waals surface area contributed by atoms with E-state index in [1.807, 2.05) is 0 Å². The summed E-state index contributed by atoms with van der Waals surface area (Å²) in [4.78, 5) is 37.6. The van der Waals surface area contributed by atoms with Crippen molar-refractivity contribution >= 4 is 29.2 Å². The number of ether oxygens (including phenoxy) is 1. The summed E-state index contributed by atoms with van der Waals surface area (Å²) in [7, 11) is 0. The molecule has 3 rings (SSSR count). The quantitative estimate of drug-likeness (QED) is 0.860. The number of rotatable bonds is 4. The van der Waals surface area contributed by atoms with Gasteiger partial charge in [0.1, 0.15) is 17.6 Å². The molecule has 0 bridgehead atoms. The lowest BCUT2D eigenvalue weighted by Crippen LogP contribution is -2.52. The molecule has 1 aliphatic rings. The molecule has 8 heteroatoms. The Hall–Kier alpha value is -3.42. The zero-order valence-electron chi connectivity index (χ0n) is 14.6. The molecule has 0 saturated carbocycles. The lowest BCUT2D eigenvalue weighted by Gasteiger charge is -2.36. The Kier molecular flexibility index (Phi) is 4.81. The molecular formula is C19H17FN2O5. The molecule has 2 atom stereocenters. The van der Waals surface area contributed by atoms with Gasteiger partial charge in [-0.2, -0.15) is 0 Å². The van der Waals surface area contributed by atoms with Crippen LogP contribution in [0.25, 0.3) is 0 Å². The molecule has 7 nitrogen and oxygen atoms in total. The number of carboxylic acid groups (broad SMARTS) is 1. The monoisotopic (exact) mass is 372 g/mol. The van der Waals surface area contributed by atoms with Gasteiger partial charge in [0.2, 0.25) is 5.91 Å². The van der Waals surface area contributed by atoms with Crippen LogP contribution in [0.4, 0.5) is 15.8 Å². The molecule has 2 unspecified atom stereocenters. The number of nitrogens with zero attached hydrogens (tertiary/aromatic N) is 1. The van der Waals surface area contributed by atoms with Crippen molar-refractivity contribution < 1.29 is 28.6 Å². The predicted octanol–water partition coefficient (Wildman–Crippen LogP) is 2.67. The molecule has 2 N–H and O–H groups in total. The lowest BCUT2D eigenvalue weighted by atomic mass is 10.1. The van der Waals surface area contributed by atoms with Gasteiger partial charge in [-0.3, -0.25) is 14.5 Å². The molecule has 2 aromatic rings. The van der Waals surface area contributed by atoms with Crippen molar-refractivity contribution in [3.63, 3.8) is 0 Å². The summed E-state index contributed by atoms with van der Waals surface area (Å²) in [5.41, 5.74) is 0.715. The van der Waals surface area contributed by atoms with E-state index in [-0.39, 0.29) is 11.3 Å². The van der Waals surface area contributed by atoms with E-state index >= 15 is 0 Å². The number of benzene rings is 2. The molecule has 27 heavy (non-hydrogen) atoms. The second-order valence-electron chi connectivity index (χ2n) is 6.13. The van der Waals surface area contributed by atoms with Gasteiger partial charge >= 0.3 is 5.97 Å². The summed E-state index contributed by atoms with van der Waals surface area (Å²) >= 11 is 0. The molecule has 140 valence electrons. The molecule has 0 spiro atoms. The van der Waals surface area contributed by atoms with Gasteiger partial charge in [0.25, 0.3) is 5.91 Å². The molecule has 0 radical (unpaired) electrons. The third kappa shape index (κ3) is 3.59. The molecule has 0 aromatic heterocycles. The Morgan fingerprint density at radius 2 is 1.89 bits per heavy atom. The van der Waals surface area contributed by atoms with Crippen LogP contribution in [0.2, 0.25) is 0 Å². The van der Waals surface area contributed by atoms with Gasteiger partial charge in [0.15, 0.2) is 6.10 Å². The van der Waals surface area contributed by atoms with Gasteiger partial charge in [0, 0.05) is 5.69 Å². The van der Waals surface area contributed by atoms with E-state index < -0.39 is 35.7 Å². The highest BCUT2D eigenvalue weighted by molar-refractivity contribution is 6.08. The van der Waals surface area contributed by atoms with Crippen molar-refractivity contribution in [3.8, 4) is 5.75 Å². The van der Waals surface area contributed by atoms with Crippen LogP contribution in [0, 0.1) is 5.82 Å². The molecule has 0 fully saturated rings. The number of carboxylic acids is 1. The third-order valence-corrected chi connectivity index (χ3v) is 4.23. The zero-order chi connectivity index (χ0) is 19.7. The first-order valence-corrected chi connectivity index (χ1v) is 8.21. The third-order valence-electron chi connectivity index (χ3n) is 4.23.